The van der Waals surface area contributed by atoms with Gasteiger partial charge in [0.25, 0.3) is 11.6 Å². The molecule has 3 rings (SSSR count). The maximum Gasteiger partial charge on any atom is 0.282 e. The average molecular weight is 371 g/mol. The Morgan fingerprint density at radius 2 is 2.04 bits per heavy atom. The van der Waals surface area contributed by atoms with E-state index in [4.69, 9.17) is 14.2 Å². The number of ether oxygens (including phenoxy) is 3. The number of carbonyl (C=O) groups is 1. The number of aryl methyl sites for hydroxylation is 2. The van der Waals surface area contributed by atoms with Gasteiger partial charge in [0, 0.05) is 0 Å². The van der Waals surface area contributed by atoms with Crippen LogP contribution in [0.4, 0.5) is 5.69 Å². The molecule has 1 aliphatic heterocycles. The highest BCUT2D eigenvalue weighted by molar-refractivity contribution is 5.88. The predicted octanol–water partition coefficient (Wildman–Crippen LogP) is 2.47. The van der Waals surface area contributed by atoms with Crippen molar-refractivity contribution in [2.24, 2.45) is 5.10 Å². The van der Waals surface area contributed by atoms with Gasteiger partial charge in [-0.2, -0.15) is 5.10 Å². The van der Waals surface area contributed by atoms with Crippen LogP contribution in [0.25, 0.3) is 0 Å². The molecule has 0 saturated carbocycles. The Hall–Kier alpha value is -3.62. The van der Waals surface area contributed by atoms with E-state index < -0.39 is 10.8 Å². The van der Waals surface area contributed by atoms with E-state index in [1.807, 2.05) is 32.0 Å². The van der Waals surface area contributed by atoms with Crippen LogP contribution in [-0.2, 0) is 4.79 Å². The molecule has 2 aromatic carbocycles. The molecule has 0 saturated heterocycles. The summed E-state index contributed by atoms with van der Waals surface area (Å²) in [4.78, 5) is 22.5. The molecular formula is C18H17N3O6. The molecule has 0 radical (unpaired) electrons. The van der Waals surface area contributed by atoms with Gasteiger partial charge >= 0.3 is 0 Å². The zero-order chi connectivity index (χ0) is 19.4. The molecule has 0 atom stereocenters. The Bertz CT molecular complexity index is 926. The second-order valence-corrected chi connectivity index (χ2v) is 5.87. The fraction of sp³-hybridized carbons (Fsp3) is 0.222. The summed E-state index contributed by atoms with van der Waals surface area (Å²) in [6.07, 6.45) is 1.18. The molecule has 0 bridgehead atoms. The van der Waals surface area contributed by atoms with E-state index in [9.17, 15) is 14.9 Å². The van der Waals surface area contributed by atoms with Crippen molar-refractivity contribution >= 4 is 17.8 Å². The molecule has 1 N–H and O–H groups in total. The number of hydrogen-bond acceptors (Lipinski definition) is 7. The molecule has 1 amide bonds. The number of nitrogens with zero attached hydrogens (tertiary/aromatic N) is 2. The number of nitrogens with one attached hydrogen (secondary N) is 1. The van der Waals surface area contributed by atoms with Crippen LogP contribution in [0, 0.1) is 24.0 Å². The molecule has 0 spiro atoms. The fourth-order valence-corrected chi connectivity index (χ4v) is 2.42. The van der Waals surface area contributed by atoms with E-state index in [0.717, 1.165) is 11.1 Å². The van der Waals surface area contributed by atoms with Gasteiger partial charge in [-0.25, -0.2) is 5.43 Å². The number of fused-ring (bicyclic) bond motifs is 1. The second kappa shape index (κ2) is 7.73. The first-order valence-electron chi connectivity index (χ1n) is 8.04. The normalized spacial score (nSPS) is 12.2. The fourth-order valence-electron chi connectivity index (χ4n) is 2.42. The van der Waals surface area contributed by atoms with Crippen molar-refractivity contribution in [3.8, 4) is 17.2 Å². The number of nitro groups is 1. The van der Waals surface area contributed by atoms with Crippen molar-refractivity contribution in [3.05, 3.63) is 57.1 Å². The van der Waals surface area contributed by atoms with Crippen molar-refractivity contribution in [1.82, 2.24) is 5.43 Å². The number of hydrogen-bond donors (Lipinski definition) is 1. The van der Waals surface area contributed by atoms with Gasteiger partial charge in [0.2, 0.25) is 6.79 Å². The van der Waals surface area contributed by atoms with Gasteiger partial charge in [-0.15, -0.1) is 0 Å². The zero-order valence-corrected chi connectivity index (χ0v) is 14.7. The number of amides is 1. The average Bonchev–Trinajstić information content (AvgIpc) is 3.09. The molecule has 140 valence electrons. The molecular weight excluding hydrogens is 354 g/mol. The summed E-state index contributed by atoms with van der Waals surface area (Å²) in [6.45, 7) is 3.57. The molecule has 9 heteroatoms. The summed E-state index contributed by atoms with van der Waals surface area (Å²) in [5.41, 5.74) is 4.18. The minimum absolute atomic E-state index is 0.000461. The molecule has 2 aromatic rings. The number of nitro benzene ring substituents is 1. The van der Waals surface area contributed by atoms with Gasteiger partial charge in [0.05, 0.1) is 22.8 Å². The third kappa shape index (κ3) is 4.32. The van der Waals surface area contributed by atoms with Crippen LogP contribution < -0.4 is 19.6 Å². The largest absolute Gasteiger partial charge is 0.483 e. The van der Waals surface area contributed by atoms with Gasteiger partial charge in [-0.3, -0.25) is 14.9 Å². The highest BCUT2D eigenvalue weighted by Gasteiger charge is 2.22. The highest BCUT2D eigenvalue weighted by Crippen LogP contribution is 2.37. The summed E-state index contributed by atoms with van der Waals surface area (Å²) < 4.78 is 15.8. The van der Waals surface area contributed by atoms with Crippen molar-refractivity contribution in [1.29, 1.82) is 0 Å². The number of rotatable bonds is 6. The maximum absolute atomic E-state index is 11.9. The number of hydrazone groups is 1. The van der Waals surface area contributed by atoms with Gasteiger partial charge in [-0.1, -0.05) is 12.1 Å². The second-order valence-electron chi connectivity index (χ2n) is 5.87. The van der Waals surface area contributed by atoms with Crippen molar-refractivity contribution in [2.45, 2.75) is 13.8 Å². The first kappa shape index (κ1) is 18.2. The molecule has 0 aromatic heterocycles. The van der Waals surface area contributed by atoms with Crippen molar-refractivity contribution < 1.29 is 23.9 Å². The maximum atomic E-state index is 11.9. The van der Waals surface area contributed by atoms with Gasteiger partial charge < -0.3 is 14.2 Å². The van der Waals surface area contributed by atoms with Crippen LogP contribution >= 0.6 is 0 Å². The predicted molar refractivity (Wildman–Crippen MR) is 96.4 cm³/mol. The van der Waals surface area contributed by atoms with E-state index in [0.29, 0.717) is 17.2 Å². The minimum Gasteiger partial charge on any atom is -0.483 e. The molecule has 1 heterocycles. The van der Waals surface area contributed by atoms with E-state index in [2.05, 4.69) is 10.5 Å². The Labute approximate surface area is 154 Å². The SMILES string of the molecule is Cc1ccc(C)c(OCC(=O)N/N=C\c2cc3c(cc2[N+](=O)[O-])OCO3)c1. The zero-order valence-electron chi connectivity index (χ0n) is 14.7. The first-order chi connectivity index (χ1) is 12.9. The molecule has 0 aliphatic carbocycles. The van der Waals surface area contributed by atoms with E-state index in [-0.39, 0.29) is 24.7 Å². The van der Waals surface area contributed by atoms with Gasteiger partial charge in [0.15, 0.2) is 18.1 Å². The molecule has 27 heavy (non-hydrogen) atoms. The standard InChI is InChI=1S/C18H17N3O6/c1-11-3-4-12(2)15(5-11)25-9-18(22)20-19-8-13-6-16-17(27-10-26-16)7-14(13)21(23)24/h3-8H,9-10H2,1-2H3,(H,20,22)/b19-8-. The van der Waals surface area contributed by atoms with Crippen LogP contribution in [0.1, 0.15) is 16.7 Å². The first-order valence-corrected chi connectivity index (χ1v) is 8.04. The van der Waals surface area contributed by atoms with E-state index >= 15 is 0 Å². The minimum atomic E-state index is -0.561. The van der Waals surface area contributed by atoms with Crippen LogP contribution in [0.2, 0.25) is 0 Å². The Balaban J connectivity index is 1.62. The summed E-state index contributed by atoms with van der Waals surface area (Å²) in [7, 11) is 0. The molecule has 9 nitrogen and oxygen atoms in total. The third-order valence-corrected chi connectivity index (χ3v) is 3.81. The Morgan fingerprint density at radius 1 is 1.30 bits per heavy atom. The lowest BCUT2D eigenvalue weighted by atomic mass is 10.1. The Kier molecular flexibility index (Phi) is 5.20. The summed E-state index contributed by atoms with van der Waals surface area (Å²) in [5.74, 6) is 0.799. The van der Waals surface area contributed by atoms with E-state index in [1.54, 1.807) is 0 Å². The lowest BCUT2D eigenvalue weighted by Gasteiger charge is -2.08. The lowest BCUT2D eigenvalue weighted by Crippen LogP contribution is -2.24. The summed E-state index contributed by atoms with van der Waals surface area (Å²) >= 11 is 0. The molecule has 1 aliphatic rings. The number of carbonyl (C=O) groups excluding carboxylic acids is 1. The number of benzene rings is 2. The highest BCUT2D eigenvalue weighted by atomic mass is 16.7. The smallest absolute Gasteiger partial charge is 0.282 e. The van der Waals surface area contributed by atoms with Crippen molar-refractivity contribution in [2.75, 3.05) is 13.4 Å². The quantitative estimate of drug-likeness (QED) is 0.474. The third-order valence-electron chi connectivity index (χ3n) is 3.81. The van der Waals surface area contributed by atoms with Crippen LogP contribution in [0.3, 0.4) is 0 Å². The Morgan fingerprint density at radius 3 is 2.78 bits per heavy atom. The topological polar surface area (TPSA) is 112 Å². The van der Waals surface area contributed by atoms with E-state index in [1.165, 1.54) is 18.3 Å². The van der Waals surface area contributed by atoms with Crippen LogP contribution in [-0.4, -0.2) is 30.4 Å². The lowest BCUT2D eigenvalue weighted by molar-refractivity contribution is -0.385. The van der Waals surface area contributed by atoms with Crippen LogP contribution in [0.15, 0.2) is 35.4 Å². The monoisotopic (exact) mass is 371 g/mol. The molecule has 0 fully saturated rings. The van der Waals surface area contributed by atoms with Crippen LogP contribution in [0.5, 0.6) is 17.2 Å². The summed E-state index contributed by atoms with van der Waals surface area (Å²) in [5, 5.41) is 14.9. The van der Waals surface area contributed by atoms with Gasteiger partial charge in [0.1, 0.15) is 5.75 Å². The molecule has 0 unspecified atom stereocenters. The summed E-state index contributed by atoms with van der Waals surface area (Å²) in [6, 6.07) is 8.38. The van der Waals surface area contributed by atoms with Gasteiger partial charge in [-0.05, 0) is 37.1 Å². The van der Waals surface area contributed by atoms with Crippen molar-refractivity contribution in [3.63, 3.8) is 0 Å².